The lowest BCUT2D eigenvalue weighted by Gasteiger charge is -2.35. The SMILES string of the molecule is CCCC(=O)NC1CCCN(C(=O)N2CCc3ccccc32)C1. The first-order chi connectivity index (χ1) is 11.2. The first-order valence-corrected chi connectivity index (χ1v) is 8.62. The number of anilines is 1. The van der Waals surface area contributed by atoms with E-state index in [9.17, 15) is 9.59 Å². The average molecular weight is 315 g/mol. The Bertz CT molecular complexity index is 587. The van der Waals surface area contributed by atoms with E-state index >= 15 is 0 Å². The topological polar surface area (TPSA) is 52.7 Å². The first-order valence-electron chi connectivity index (χ1n) is 8.62. The Morgan fingerprint density at radius 1 is 1.26 bits per heavy atom. The fourth-order valence-electron chi connectivity index (χ4n) is 3.50. The molecule has 0 radical (unpaired) electrons. The standard InChI is InChI=1S/C18H25N3O2/c1-2-6-17(22)19-15-8-5-11-20(13-15)18(23)21-12-10-14-7-3-4-9-16(14)21/h3-4,7,9,15H,2,5-6,8,10-13H2,1H3,(H,19,22). The van der Waals surface area contributed by atoms with E-state index in [2.05, 4.69) is 11.4 Å². The highest BCUT2D eigenvalue weighted by Crippen LogP contribution is 2.29. The van der Waals surface area contributed by atoms with Crippen LogP contribution in [-0.2, 0) is 11.2 Å². The lowest BCUT2D eigenvalue weighted by molar-refractivity contribution is -0.122. The van der Waals surface area contributed by atoms with E-state index in [1.54, 1.807) is 0 Å². The summed E-state index contributed by atoms with van der Waals surface area (Å²) in [6.07, 6.45) is 4.23. The number of urea groups is 1. The maximum absolute atomic E-state index is 12.9. The Hall–Kier alpha value is -2.04. The van der Waals surface area contributed by atoms with Gasteiger partial charge in [-0.3, -0.25) is 9.69 Å². The van der Waals surface area contributed by atoms with Crippen LogP contribution < -0.4 is 10.2 Å². The van der Waals surface area contributed by atoms with Gasteiger partial charge in [0, 0.05) is 37.8 Å². The van der Waals surface area contributed by atoms with Gasteiger partial charge in [-0.2, -0.15) is 0 Å². The van der Waals surface area contributed by atoms with E-state index in [0.29, 0.717) is 13.0 Å². The largest absolute Gasteiger partial charge is 0.352 e. The minimum atomic E-state index is 0.0735. The molecule has 2 aliphatic heterocycles. The van der Waals surface area contributed by atoms with E-state index < -0.39 is 0 Å². The molecule has 0 saturated carbocycles. The number of para-hydroxylation sites is 1. The van der Waals surface area contributed by atoms with E-state index in [1.807, 2.05) is 34.9 Å². The van der Waals surface area contributed by atoms with Crippen LogP contribution in [0.5, 0.6) is 0 Å². The molecular weight excluding hydrogens is 290 g/mol. The summed E-state index contributed by atoms with van der Waals surface area (Å²) in [5.41, 5.74) is 2.28. The highest BCUT2D eigenvalue weighted by atomic mass is 16.2. The molecule has 1 saturated heterocycles. The van der Waals surface area contributed by atoms with Crippen LogP contribution in [0.25, 0.3) is 0 Å². The van der Waals surface area contributed by atoms with Gasteiger partial charge in [-0.15, -0.1) is 0 Å². The third-order valence-electron chi connectivity index (χ3n) is 4.65. The second-order valence-corrected chi connectivity index (χ2v) is 6.42. The summed E-state index contributed by atoms with van der Waals surface area (Å²) in [6.45, 7) is 4.15. The molecule has 0 aliphatic carbocycles. The summed E-state index contributed by atoms with van der Waals surface area (Å²) < 4.78 is 0. The lowest BCUT2D eigenvalue weighted by Crippen LogP contribution is -2.53. The van der Waals surface area contributed by atoms with Crippen LogP contribution in [0.1, 0.15) is 38.2 Å². The highest BCUT2D eigenvalue weighted by Gasteiger charge is 2.31. The molecule has 3 rings (SSSR count). The quantitative estimate of drug-likeness (QED) is 0.932. The summed E-state index contributed by atoms with van der Waals surface area (Å²) in [6, 6.07) is 8.27. The number of fused-ring (bicyclic) bond motifs is 1. The summed E-state index contributed by atoms with van der Waals surface area (Å²) in [5.74, 6) is 0.0957. The number of carbonyl (C=O) groups is 2. The van der Waals surface area contributed by atoms with E-state index in [0.717, 1.165) is 44.5 Å². The minimum Gasteiger partial charge on any atom is -0.352 e. The molecule has 1 unspecified atom stereocenters. The van der Waals surface area contributed by atoms with Crippen LogP contribution in [0.2, 0.25) is 0 Å². The number of hydrogen-bond acceptors (Lipinski definition) is 2. The van der Waals surface area contributed by atoms with Crippen molar-refractivity contribution in [3.63, 3.8) is 0 Å². The molecule has 2 aliphatic rings. The summed E-state index contributed by atoms with van der Waals surface area (Å²) in [4.78, 5) is 28.4. The summed E-state index contributed by atoms with van der Waals surface area (Å²) in [7, 11) is 0. The van der Waals surface area contributed by atoms with Crippen molar-refractivity contribution < 1.29 is 9.59 Å². The monoisotopic (exact) mass is 315 g/mol. The number of carbonyl (C=O) groups excluding carboxylic acids is 2. The van der Waals surface area contributed by atoms with Crippen LogP contribution >= 0.6 is 0 Å². The second kappa shape index (κ2) is 7.02. The summed E-state index contributed by atoms with van der Waals surface area (Å²) in [5, 5.41) is 3.06. The van der Waals surface area contributed by atoms with Crippen molar-refractivity contribution in [3.05, 3.63) is 29.8 Å². The van der Waals surface area contributed by atoms with Crippen molar-refractivity contribution in [2.45, 2.75) is 45.1 Å². The Labute approximate surface area is 137 Å². The van der Waals surface area contributed by atoms with Gasteiger partial charge in [-0.1, -0.05) is 25.1 Å². The number of amides is 3. The van der Waals surface area contributed by atoms with Crippen molar-refractivity contribution >= 4 is 17.6 Å². The third kappa shape index (κ3) is 3.49. The van der Waals surface area contributed by atoms with Gasteiger partial charge >= 0.3 is 6.03 Å². The molecule has 1 aromatic carbocycles. The number of likely N-dealkylation sites (tertiary alicyclic amines) is 1. The molecule has 1 N–H and O–H groups in total. The fourth-order valence-corrected chi connectivity index (χ4v) is 3.50. The zero-order chi connectivity index (χ0) is 16.2. The van der Waals surface area contributed by atoms with Gasteiger partial charge in [0.1, 0.15) is 0 Å². The number of piperidine rings is 1. The van der Waals surface area contributed by atoms with Gasteiger partial charge in [0.25, 0.3) is 0 Å². The third-order valence-corrected chi connectivity index (χ3v) is 4.65. The number of nitrogens with zero attached hydrogens (tertiary/aromatic N) is 2. The molecular formula is C18H25N3O2. The zero-order valence-corrected chi connectivity index (χ0v) is 13.8. The molecule has 1 atom stereocenters. The normalized spacial score (nSPS) is 20.3. The Morgan fingerprint density at radius 3 is 2.91 bits per heavy atom. The van der Waals surface area contributed by atoms with Crippen LogP contribution in [0, 0.1) is 0 Å². The average Bonchev–Trinajstić information content (AvgIpc) is 2.98. The van der Waals surface area contributed by atoms with Gasteiger partial charge in [0.2, 0.25) is 5.91 Å². The maximum Gasteiger partial charge on any atom is 0.324 e. The molecule has 1 aromatic rings. The summed E-state index contributed by atoms with van der Waals surface area (Å²) >= 11 is 0. The minimum absolute atomic E-state index is 0.0735. The smallest absolute Gasteiger partial charge is 0.324 e. The maximum atomic E-state index is 12.9. The number of rotatable bonds is 3. The molecule has 2 heterocycles. The molecule has 23 heavy (non-hydrogen) atoms. The van der Waals surface area contributed by atoms with Crippen LogP contribution in [0.4, 0.5) is 10.5 Å². The molecule has 3 amide bonds. The lowest BCUT2D eigenvalue weighted by atomic mass is 10.1. The second-order valence-electron chi connectivity index (χ2n) is 6.42. The van der Waals surface area contributed by atoms with Crippen molar-refractivity contribution in [1.29, 1.82) is 0 Å². The number of nitrogens with one attached hydrogen (secondary N) is 1. The van der Waals surface area contributed by atoms with E-state index in [4.69, 9.17) is 0 Å². The van der Waals surface area contributed by atoms with E-state index in [1.165, 1.54) is 5.56 Å². The van der Waals surface area contributed by atoms with E-state index in [-0.39, 0.29) is 18.0 Å². The van der Waals surface area contributed by atoms with Crippen molar-refractivity contribution in [3.8, 4) is 0 Å². The van der Waals surface area contributed by atoms with Gasteiger partial charge in [-0.25, -0.2) is 4.79 Å². The molecule has 0 spiro atoms. The van der Waals surface area contributed by atoms with Crippen molar-refractivity contribution in [2.24, 2.45) is 0 Å². The number of hydrogen-bond donors (Lipinski definition) is 1. The Balaban J connectivity index is 1.63. The number of benzene rings is 1. The van der Waals surface area contributed by atoms with Crippen LogP contribution in [0.15, 0.2) is 24.3 Å². The Kier molecular flexibility index (Phi) is 4.84. The molecule has 0 aromatic heterocycles. The predicted octanol–water partition coefficient (Wildman–Crippen LogP) is 2.55. The predicted molar refractivity (Wildman–Crippen MR) is 90.5 cm³/mol. The Morgan fingerprint density at radius 2 is 2.09 bits per heavy atom. The zero-order valence-electron chi connectivity index (χ0n) is 13.8. The van der Waals surface area contributed by atoms with Crippen molar-refractivity contribution in [1.82, 2.24) is 10.2 Å². The van der Waals surface area contributed by atoms with Crippen molar-refractivity contribution in [2.75, 3.05) is 24.5 Å². The van der Waals surface area contributed by atoms with Gasteiger partial charge in [0.05, 0.1) is 0 Å². The van der Waals surface area contributed by atoms with Gasteiger partial charge in [-0.05, 0) is 37.3 Å². The van der Waals surface area contributed by atoms with Crippen LogP contribution in [-0.4, -0.2) is 42.5 Å². The van der Waals surface area contributed by atoms with Crippen LogP contribution in [0.3, 0.4) is 0 Å². The molecule has 124 valence electrons. The molecule has 5 nitrogen and oxygen atoms in total. The van der Waals surface area contributed by atoms with Gasteiger partial charge < -0.3 is 10.2 Å². The highest BCUT2D eigenvalue weighted by molar-refractivity contribution is 5.94. The molecule has 0 bridgehead atoms. The molecule has 1 fully saturated rings. The van der Waals surface area contributed by atoms with Gasteiger partial charge in [0.15, 0.2) is 0 Å². The fraction of sp³-hybridized carbons (Fsp3) is 0.556. The molecule has 5 heteroatoms. The first kappa shape index (κ1) is 15.8.